The third-order valence-electron chi connectivity index (χ3n) is 5.46. The predicted molar refractivity (Wildman–Crippen MR) is 121 cm³/mol. The lowest BCUT2D eigenvalue weighted by Gasteiger charge is -2.21. The number of aromatic amines is 1. The standard InChI is InChI=1S/C23H23N5OS/c1-15(21-25-17-7-2-3-8-18(17)26-21)24-23(29)16-10-11-19(20-9-6-14-30-20)27-22(16)28-12-4-5-13-28/h2-3,6-11,14-15H,4-5,12-13H2,1H3,(H,24,29)(H,25,26). The molecule has 1 amide bonds. The monoisotopic (exact) mass is 417 g/mol. The highest BCUT2D eigenvalue weighted by Gasteiger charge is 2.24. The number of fused-ring (bicyclic) bond motifs is 1. The molecule has 1 aliphatic heterocycles. The number of aromatic nitrogens is 3. The number of imidazole rings is 1. The van der Waals surface area contributed by atoms with Crippen molar-refractivity contribution < 1.29 is 4.79 Å². The molecule has 1 atom stereocenters. The van der Waals surface area contributed by atoms with Crippen molar-refractivity contribution in [1.82, 2.24) is 20.3 Å². The molecular weight excluding hydrogens is 394 g/mol. The summed E-state index contributed by atoms with van der Waals surface area (Å²) in [6, 6.07) is 15.5. The topological polar surface area (TPSA) is 73.9 Å². The first-order chi connectivity index (χ1) is 14.7. The van der Waals surface area contributed by atoms with Gasteiger partial charge in [-0.05, 0) is 55.5 Å². The SMILES string of the molecule is CC(NC(=O)c1ccc(-c2cccs2)nc1N1CCCC1)c1nc2ccccc2[nH]1. The van der Waals surface area contributed by atoms with Crippen LogP contribution in [0.3, 0.4) is 0 Å². The maximum Gasteiger partial charge on any atom is 0.255 e. The lowest BCUT2D eigenvalue weighted by Crippen LogP contribution is -2.30. The quantitative estimate of drug-likeness (QED) is 0.490. The number of rotatable bonds is 5. The highest BCUT2D eigenvalue weighted by atomic mass is 32.1. The molecule has 2 N–H and O–H groups in total. The van der Waals surface area contributed by atoms with Gasteiger partial charge in [0.2, 0.25) is 0 Å². The van der Waals surface area contributed by atoms with Crippen LogP contribution in [0.5, 0.6) is 0 Å². The van der Waals surface area contributed by atoms with Crippen LogP contribution in [0, 0.1) is 0 Å². The number of nitrogens with one attached hydrogen (secondary N) is 2. The fourth-order valence-corrected chi connectivity index (χ4v) is 4.57. The highest BCUT2D eigenvalue weighted by Crippen LogP contribution is 2.29. The van der Waals surface area contributed by atoms with Crippen LogP contribution in [0.4, 0.5) is 5.82 Å². The second-order valence-corrected chi connectivity index (χ2v) is 8.52. The number of pyridine rings is 1. The number of amides is 1. The molecule has 30 heavy (non-hydrogen) atoms. The lowest BCUT2D eigenvalue weighted by atomic mass is 10.1. The average molecular weight is 418 g/mol. The zero-order valence-electron chi connectivity index (χ0n) is 16.8. The van der Waals surface area contributed by atoms with Gasteiger partial charge >= 0.3 is 0 Å². The number of H-pyrrole nitrogens is 1. The van der Waals surface area contributed by atoms with Gasteiger partial charge < -0.3 is 15.2 Å². The first-order valence-corrected chi connectivity index (χ1v) is 11.1. The van der Waals surface area contributed by atoms with Crippen LogP contribution < -0.4 is 10.2 Å². The van der Waals surface area contributed by atoms with E-state index in [0.29, 0.717) is 5.56 Å². The van der Waals surface area contributed by atoms with E-state index in [2.05, 4.69) is 26.3 Å². The normalized spacial score (nSPS) is 14.9. The molecule has 6 nitrogen and oxygen atoms in total. The molecule has 7 heteroatoms. The summed E-state index contributed by atoms with van der Waals surface area (Å²) in [5, 5.41) is 5.14. The van der Waals surface area contributed by atoms with Crippen molar-refractivity contribution in [3.05, 3.63) is 65.3 Å². The van der Waals surface area contributed by atoms with Crippen LogP contribution in [0.1, 0.15) is 42.0 Å². The van der Waals surface area contributed by atoms with Gasteiger partial charge in [0.15, 0.2) is 0 Å². The Hall–Kier alpha value is -3.19. The largest absolute Gasteiger partial charge is 0.356 e. The van der Waals surface area contributed by atoms with E-state index in [-0.39, 0.29) is 11.9 Å². The van der Waals surface area contributed by atoms with Crippen LogP contribution in [0.25, 0.3) is 21.6 Å². The van der Waals surface area contributed by atoms with Crippen LogP contribution >= 0.6 is 11.3 Å². The summed E-state index contributed by atoms with van der Waals surface area (Å²) in [7, 11) is 0. The molecule has 1 saturated heterocycles. The van der Waals surface area contributed by atoms with Gasteiger partial charge in [-0.2, -0.15) is 0 Å². The second-order valence-electron chi connectivity index (χ2n) is 7.57. The Labute approximate surface area is 179 Å². The molecule has 0 radical (unpaired) electrons. The summed E-state index contributed by atoms with van der Waals surface area (Å²) >= 11 is 1.66. The fraction of sp³-hybridized carbons (Fsp3) is 0.261. The number of hydrogen-bond donors (Lipinski definition) is 2. The molecule has 3 aromatic heterocycles. The Balaban J connectivity index is 1.43. The van der Waals surface area contributed by atoms with E-state index in [4.69, 9.17) is 4.98 Å². The summed E-state index contributed by atoms with van der Waals surface area (Å²) in [5.41, 5.74) is 3.38. The molecule has 0 saturated carbocycles. The minimum Gasteiger partial charge on any atom is -0.356 e. The third-order valence-corrected chi connectivity index (χ3v) is 6.36. The molecule has 0 bridgehead atoms. The Morgan fingerprint density at radius 3 is 2.70 bits per heavy atom. The summed E-state index contributed by atoms with van der Waals surface area (Å²) in [4.78, 5) is 29.3. The van der Waals surface area contributed by atoms with Gasteiger partial charge in [0, 0.05) is 13.1 Å². The molecule has 4 aromatic rings. The fourth-order valence-electron chi connectivity index (χ4n) is 3.88. The number of anilines is 1. The molecule has 1 aliphatic rings. The average Bonchev–Trinajstić information content (AvgIpc) is 3.54. The molecule has 152 valence electrons. The van der Waals surface area contributed by atoms with E-state index in [1.54, 1.807) is 11.3 Å². The molecule has 1 aromatic carbocycles. The molecule has 1 fully saturated rings. The van der Waals surface area contributed by atoms with Gasteiger partial charge in [-0.1, -0.05) is 18.2 Å². The van der Waals surface area contributed by atoms with Crippen molar-refractivity contribution in [3.8, 4) is 10.6 Å². The van der Waals surface area contributed by atoms with Gasteiger partial charge in [0.05, 0.1) is 33.2 Å². The Kier molecular flexibility index (Phi) is 4.96. The van der Waals surface area contributed by atoms with Gasteiger partial charge in [-0.3, -0.25) is 4.79 Å². The van der Waals surface area contributed by atoms with Crippen LogP contribution in [0.15, 0.2) is 53.9 Å². The summed E-state index contributed by atoms with van der Waals surface area (Å²) in [6.07, 6.45) is 2.25. The summed E-state index contributed by atoms with van der Waals surface area (Å²) in [6.45, 7) is 3.80. The smallest absolute Gasteiger partial charge is 0.255 e. The molecule has 4 heterocycles. The van der Waals surface area contributed by atoms with E-state index in [0.717, 1.165) is 59.2 Å². The van der Waals surface area contributed by atoms with Crippen LogP contribution in [0.2, 0.25) is 0 Å². The van der Waals surface area contributed by atoms with Crippen LogP contribution in [-0.4, -0.2) is 33.9 Å². The Morgan fingerprint density at radius 1 is 1.10 bits per heavy atom. The van der Waals surface area contributed by atoms with E-state index < -0.39 is 0 Å². The van der Waals surface area contributed by atoms with Crippen molar-refractivity contribution in [1.29, 1.82) is 0 Å². The first-order valence-electron chi connectivity index (χ1n) is 10.2. The zero-order valence-corrected chi connectivity index (χ0v) is 17.6. The minimum atomic E-state index is -0.242. The zero-order chi connectivity index (χ0) is 20.5. The first kappa shape index (κ1) is 18.8. The van der Waals surface area contributed by atoms with Crippen molar-refractivity contribution in [2.75, 3.05) is 18.0 Å². The van der Waals surface area contributed by atoms with Crippen molar-refractivity contribution in [2.24, 2.45) is 0 Å². The van der Waals surface area contributed by atoms with E-state index in [1.165, 1.54) is 0 Å². The number of carbonyl (C=O) groups excluding carboxylic acids is 1. The maximum absolute atomic E-state index is 13.2. The van der Waals surface area contributed by atoms with Gasteiger partial charge in [0.25, 0.3) is 5.91 Å². The van der Waals surface area contributed by atoms with E-state index in [9.17, 15) is 4.79 Å². The number of nitrogens with zero attached hydrogens (tertiary/aromatic N) is 3. The lowest BCUT2D eigenvalue weighted by molar-refractivity contribution is 0.0938. The summed E-state index contributed by atoms with van der Waals surface area (Å²) in [5.74, 6) is 1.39. The minimum absolute atomic E-state index is 0.130. The van der Waals surface area contributed by atoms with Gasteiger partial charge in [-0.15, -0.1) is 11.3 Å². The number of carbonyl (C=O) groups is 1. The molecular formula is C23H23N5OS. The summed E-state index contributed by atoms with van der Waals surface area (Å²) < 4.78 is 0. The third kappa shape index (κ3) is 3.57. The number of thiophene rings is 1. The predicted octanol–water partition coefficient (Wildman–Crippen LogP) is 4.78. The van der Waals surface area contributed by atoms with Crippen LogP contribution in [-0.2, 0) is 0 Å². The maximum atomic E-state index is 13.2. The molecule has 0 aliphatic carbocycles. The van der Waals surface area contributed by atoms with Crippen molar-refractivity contribution in [2.45, 2.75) is 25.8 Å². The van der Waals surface area contributed by atoms with E-state index >= 15 is 0 Å². The number of benzene rings is 1. The Morgan fingerprint density at radius 2 is 1.93 bits per heavy atom. The molecule has 1 unspecified atom stereocenters. The molecule has 0 spiro atoms. The molecule has 5 rings (SSSR count). The number of hydrogen-bond acceptors (Lipinski definition) is 5. The van der Waals surface area contributed by atoms with Gasteiger partial charge in [-0.25, -0.2) is 9.97 Å². The number of para-hydroxylation sites is 2. The van der Waals surface area contributed by atoms with Crippen molar-refractivity contribution >= 4 is 34.1 Å². The van der Waals surface area contributed by atoms with Crippen molar-refractivity contribution in [3.63, 3.8) is 0 Å². The van der Waals surface area contributed by atoms with Gasteiger partial charge in [0.1, 0.15) is 11.6 Å². The highest BCUT2D eigenvalue weighted by molar-refractivity contribution is 7.13. The second kappa shape index (κ2) is 7.91. The van der Waals surface area contributed by atoms with E-state index in [1.807, 2.05) is 54.8 Å². The Bertz CT molecular complexity index is 1140.